The second kappa shape index (κ2) is 8.73. The maximum Gasteiger partial charge on any atom is 0.339 e. The second-order valence-corrected chi connectivity index (χ2v) is 8.83. The van der Waals surface area contributed by atoms with Crippen molar-refractivity contribution in [3.8, 4) is 11.5 Å². The van der Waals surface area contributed by atoms with E-state index in [0.29, 0.717) is 11.3 Å². The zero-order valence-electron chi connectivity index (χ0n) is 16.8. The first-order chi connectivity index (χ1) is 13.8. The zero-order valence-corrected chi connectivity index (χ0v) is 17.6. The van der Waals surface area contributed by atoms with E-state index in [-0.39, 0.29) is 35.3 Å². The number of carbonyl (C=O) groups excluding carboxylic acids is 1. The highest BCUT2D eigenvalue weighted by Crippen LogP contribution is 2.31. The number of carbonyl (C=O) groups is 1. The molecule has 0 saturated heterocycles. The van der Waals surface area contributed by atoms with Crippen LogP contribution >= 0.6 is 0 Å². The van der Waals surface area contributed by atoms with Gasteiger partial charge in [0.25, 0.3) is 0 Å². The highest BCUT2D eigenvalue weighted by atomic mass is 32.2. The lowest BCUT2D eigenvalue weighted by molar-refractivity contribution is 0.189. The number of ether oxygens (including phenoxy) is 1. The van der Waals surface area contributed by atoms with Crippen LogP contribution in [0.3, 0.4) is 0 Å². The van der Waals surface area contributed by atoms with Gasteiger partial charge in [-0.2, -0.15) is 8.42 Å². The average Bonchev–Trinajstić information content (AvgIpc) is 3.51. The molecule has 0 heterocycles. The SMILES string of the molecule is COc1ccc(S(=O)(=O)Oc2ccccc2CN(C(=O)NC(C)C)C2CC2)cc1. The zero-order chi connectivity index (χ0) is 21.0. The number of para-hydroxylation sites is 1. The molecule has 0 unspecified atom stereocenters. The molecule has 0 aromatic heterocycles. The molecule has 29 heavy (non-hydrogen) atoms. The standard InChI is InChI=1S/C21H26N2O5S/c1-15(2)22-21(24)23(17-8-9-17)14-16-6-4-5-7-20(16)28-29(25,26)19-12-10-18(27-3)11-13-19/h4-7,10-13,15,17H,8-9,14H2,1-3H3,(H,22,24). The molecule has 1 aliphatic carbocycles. The number of rotatable bonds is 8. The monoisotopic (exact) mass is 418 g/mol. The van der Waals surface area contributed by atoms with Gasteiger partial charge < -0.3 is 19.1 Å². The van der Waals surface area contributed by atoms with Crippen molar-refractivity contribution in [3.05, 3.63) is 54.1 Å². The van der Waals surface area contributed by atoms with E-state index < -0.39 is 10.1 Å². The third-order valence-electron chi connectivity index (χ3n) is 4.52. The summed E-state index contributed by atoms with van der Waals surface area (Å²) in [6, 6.07) is 12.9. The molecule has 1 aliphatic rings. The molecule has 1 saturated carbocycles. The fourth-order valence-corrected chi connectivity index (χ4v) is 3.86. The Morgan fingerprint density at radius 1 is 1.14 bits per heavy atom. The molecule has 3 rings (SSSR count). The smallest absolute Gasteiger partial charge is 0.339 e. The summed E-state index contributed by atoms with van der Waals surface area (Å²) < 4.78 is 35.9. The van der Waals surface area contributed by atoms with Crippen LogP contribution in [0.15, 0.2) is 53.4 Å². The highest BCUT2D eigenvalue weighted by molar-refractivity contribution is 7.87. The largest absolute Gasteiger partial charge is 0.497 e. The summed E-state index contributed by atoms with van der Waals surface area (Å²) in [4.78, 5) is 14.3. The predicted octanol–water partition coefficient (Wildman–Crippen LogP) is 3.55. The van der Waals surface area contributed by atoms with Crippen LogP contribution in [0.2, 0.25) is 0 Å². The van der Waals surface area contributed by atoms with Crippen molar-refractivity contribution in [2.45, 2.75) is 50.2 Å². The first-order valence-corrected chi connectivity index (χ1v) is 10.9. The van der Waals surface area contributed by atoms with Crippen LogP contribution in [0.5, 0.6) is 11.5 Å². The van der Waals surface area contributed by atoms with Gasteiger partial charge in [-0.25, -0.2) is 4.79 Å². The molecule has 156 valence electrons. The number of amides is 2. The summed E-state index contributed by atoms with van der Waals surface area (Å²) in [5.74, 6) is 0.770. The first-order valence-electron chi connectivity index (χ1n) is 9.53. The molecule has 0 radical (unpaired) electrons. The number of nitrogens with one attached hydrogen (secondary N) is 1. The number of hydrogen-bond donors (Lipinski definition) is 1. The summed E-state index contributed by atoms with van der Waals surface area (Å²) >= 11 is 0. The average molecular weight is 419 g/mol. The normalized spacial score (nSPS) is 13.8. The quantitative estimate of drug-likeness (QED) is 0.663. The summed E-state index contributed by atoms with van der Waals surface area (Å²) in [5.41, 5.74) is 0.635. The second-order valence-electron chi connectivity index (χ2n) is 7.28. The number of hydrogen-bond acceptors (Lipinski definition) is 5. The van der Waals surface area contributed by atoms with E-state index in [1.165, 1.54) is 19.2 Å². The van der Waals surface area contributed by atoms with Gasteiger partial charge in [-0.3, -0.25) is 0 Å². The topological polar surface area (TPSA) is 84.9 Å². The van der Waals surface area contributed by atoms with Crippen LogP contribution in [0, 0.1) is 0 Å². The Bertz CT molecular complexity index is 953. The molecule has 7 nitrogen and oxygen atoms in total. The molecule has 1 fully saturated rings. The van der Waals surface area contributed by atoms with E-state index in [4.69, 9.17) is 8.92 Å². The van der Waals surface area contributed by atoms with Gasteiger partial charge in [0.1, 0.15) is 16.4 Å². The van der Waals surface area contributed by atoms with Gasteiger partial charge in [-0.1, -0.05) is 18.2 Å². The van der Waals surface area contributed by atoms with Crippen molar-refractivity contribution in [1.29, 1.82) is 0 Å². The number of benzene rings is 2. The lowest BCUT2D eigenvalue weighted by Crippen LogP contribution is -2.43. The van der Waals surface area contributed by atoms with Gasteiger partial charge in [-0.15, -0.1) is 0 Å². The van der Waals surface area contributed by atoms with Gasteiger partial charge in [0.15, 0.2) is 0 Å². The Kier molecular flexibility index (Phi) is 6.32. The lowest BCUT2D eigenvalue weighted by atomic mass is 10.2. The maximum atomic E-state index is 12.7. The van der Waals surface area contributed by atoms with Gasteiger partial charge in [0.2, 0.25) is 0 Å². The lowest BCUT2D eigenvalue weighted by Gasteiger charge is -2.25. The Labute approximate surface area is 171 Å². The van der Waals surface area contributed by atoms with Gasteiger partial charge >= 0.3 is 16.1 Å². The van der Waals surface area contributed by atoms with Crippen LogP contribution in [-0.4, -0.2) is 38.5 Å². The summed E-state index contributed by atoms with van der Waals surface area (Å²) in [6.45, 7) is 4.08. The predicted molar refractivity (Wildman–Crippen MR) is 109 cm³/mol. The van der Waals surface area contributed by atoms with Crippen molar-refractivity contribution in [3.63, 3.8) is 0 Å². The molecule has 2 aromatic carbocycles. The van der Waals surface area contributed by atoms with E-state index in [9.17, 15) is 13.2 Å². The Balaban J connectivity index is 1.81. The molecule has 2 amide bonds. The summed E-state index contributed by atoms with van der Waals surface area (Å²) in [5, 5.41) is 2.90. The number of nitrogens with zero attached hydrogens (tertiary/aromatic N) is 1. The summed E-state index contributed by atoms with van der Waals surface area (Å²) in [6.07, 6.45) is 1.89. The number of urea groups is 1. The maximum absolute atomic E-state index is 12.7. The third-order valence-corrected chi connectivity index (χ3v) is 5.77. The minimum atomic E-state index is -4.02. The Morgan fingerprint density at radius 2 is 1.79 bits per heavy atom. The van der Waals surface area contributed by atoms with Gasteiger partial charge in [-0.05, 0) is 57.0 Å². The van der Waals surface area contributed by atoms with Crippen molar-refractivity contribution >= 4 is 16.1 Å². The molecule has 0 atom stereocenters. The van der Waals surface area contributed by atoms with Crippen LogP contribution in [-0.2, 0) is 16.7 Å². The molecule has 0 aliphatic heterocycles. The molecule has 2 aromatic rings. The van der Waals surface area contributed by atoms with E-state index in [1.54, 1.807) is 41.3 Å². The first kappa shape index (κ1) is 21.0. The minimum absolute atomic E-state index is 0.0192. The molecule has 0 bridgehead atoms. The van der Waals surface area contributed by atoms with E-state index >= 15 is 0 Å². The molecule has 8 heteroatoms. The van der Waals surface area contributed by atoms with E-state index in [1.807, 2.05) is 13.8 Å². The van der Waals surface area contributed by atoms with Gasteiger partial charge in [0, 0.05) is 17.6 Å². The van der Waals surface area contributed by atoms with Crippen LogP contribution in [0.4, 0.5) is 4.79 Å². The fraction of sp³-hybridized carbons (Fsp3) is 0.381. The van der Waals surface area contributed by atoms with Crippen LogP contribution in [0.25, 0.3) is 0 Å². The minimum Gasteiger partial charge on any atom is -0.497 e. The van der Waals surface area contributed by atoms with E-state index in [0.717, 1.165) is 12.8 Å². The van der Waals surface area contributed by atoms with Crippen molar-refractivity contribution in [2.24, 2.45) is 0 Å². The summed E-state index contributed by atoms with van der Waals surface area (Å²) in [7, 11) is -2.50. The number of methoxy groups -OCH3 is 1. The highest BCUT2D eigenvalue weighted by Gasteiger charge is 2.33. The van der Waals surface area contributed by atoms with Gasteiger partial charge in [0.05, 0.1) is 13.7 Å². The molecular weight excluding hydrogens is 392 g/mol. The molecule has 1 N–H and O–H groups in total. The molecular formula is C21H26N2O5S. The van der Waals surface area contributed by atoms with Crippen molar-refractivity contribution < 1.29 is 22.1 Å². The van der Waals surface area contributed by atoms with Crippen molar-refractivity contribution in [2.75, 3.05) is 7.11 Å². The van der Waals surface area contributed by atoms with E-state index in [2.05, 4.69) is 5.32 Å². The third kappa shape index (κ3) is 5.41. The van der Waals surface area contributed by atoms with Crippen LogP contribution < -0.4 is 14.2 Å². The molecule has 0 spiro atoms. The Morgan fingerprint density at radius 3 is 2.38 bits per heavy atom. The van der Waals surface area contributed by atoms with Crippen LogP contribution in [0.1, 0.15) is 32.3 Å². The Hall–Kier alpha value is -2.74. The fourth-order valence-electron chi connectivity index (χ4n) is 2.89. The van der Waals surface area contributed by atoms with Crippen molar-refractivity contribution in [1.82, 2.24) is 10.2 Å².